The maximum Gasteiger partial charge on any atom is 0.280 e. The van der Waals surface area contributed by atoms with Crippen LogP contribution in [0.15, 0.2) is 24.3 Å². The highest BCUT2D eigenvalue weighted by atomic mass is 35.5. The van der Waals surface area contributed by atoms with Gasteiger partial charge in [-0.25, -0.2) is 4.98 Å². The van der Waals surface area contributed by atoms with Crippen LogP contribution < -0.4 is 10.6 Å². The third-order valence-corrected chi connectivity index (χ3v) is 8.18. The maximum absolute atomic E-state index is 13.2. The highest BCUT2D eigenvalue weighted by Crippen LogP contribution is 2.29. The Hall–Kier alpha value is -3.15. The molecule has 10 nitrogen and oxygen atoms in total. The highest BCUT2D eigenvalue weighted by Gasteiger charge is 2.37. The van der Waals surface area contributed by atoms with Gasteiger partial charge in [-0.1, -0.05) is 17.7 Å². The van der Waals surface area contributed by atoms with Gasteiger partial charge < -0.3 is 15.5 Å². The number of rotatable bonds is 5. The SMILES string of the molecule is CN1Cc2nc(C(=O)N[C@@H]3C[C@@H](C(=O)N(C)C)CC[C@@H]3NC(=O)c3cc4ccc(Cl)cc4nn3)sc2C1. The first-order chi connectivity index (χ1) is 17.7. The number of amides is 3. The molecule has 194 valence electrons. The lowest BCUT2D eigenvalue weighted by Crippen LogP contribution is -2.56. The fourth-order valence-electron chi connectivity index (χ4n) is 4.97. The van der Waals surface area contributed by atoms with E-state index in [0.29, 0.717) is 34.8 Å². The summed E-state index contributed by atoms with van der Waals surface area (Å²) in [6.07, 6.45) is 1.56. The van der Waals surface area contributed by atoms with Gasteiger partial charge in [0.15, 0.2) is 10.7 Å². The van der Waals surface area contributed by atoms with Gasteiger partial charge in [0.2, 0.25) is 5.91 Å². The minimum atomic E-state index is -0.437. The van der Waals surface area contributed by atoms with Crippen LogP contribution in [-0.4, -0.2) is 75.9 Å². The zero-order valence-corrected chi connectivity index (χ0v) is 22.4. The molecule has 0 saturated heterocycles. The average molecular weight is 542 g/mol. The Kier molecular flexibility index (Phi) is 7.11. The first kappa shape index (κ1) is 25.5. The molecule has 0 spiro atoms. The number of nitrogens with one attached hydrogen (secondary N) is 2. The average Bonchev–Trinajstić information content (AvgIpc) is 3.41. The molecule has 37 heavy (non-hydrogen) atoms. The van der Waals surface area contributed by atoms with E-state index in [0.717, 1.165) is 29.0 Å². The molecule has 2 aromatic heterocycles. The summed E-state index contributed by atoms with van der Waals surface area (Å²) in [6.45, 7) is 1.50. The summed E-state index contributed by atoms with van der Waals surface area (Å²) in [7, 11) is 5.47. The fourth-order valence-corrected chi connectivity index (χ4v) is 6.19. The van der Waals surface area contributed by atoms with Crippen LogP contribution in [0.5, 0.6) is 0 Å². The normalized spacial score (nSPS) is 21.5. The van der Waals surface area contributed by atoms with Crippen molar-refractivity contribution >= 4 is 51.6 Å². The van der Waals surface area contributed by atoms with Crippen LogP contribution in [0.25, 0.3) is 10.9 Å². The molecule has 3 amide bonds. The Morgan fingerprint density at radius 2 is 1.84 bits per heavy atom. The predicted octanol–water partition coefficient (Wildman–Crippen LogP) is 2.47. The van der Waals surface area contributed by atoms with Crippen LogP contribution in [0.1, 0.15) is 50.1 Å². The molecule has 1 aliphatic heterocycles. The van der Waals surface area contributed by atoms with E-state index in [1.807, 2.05) is 7.05 Å². The number of carbonyl (C=O) groups is 3. The Morgan fingerprint density at radius 3 is 2.59 bits per heavy atom. The van der Waals surface area contributed by atoms with E-state index in [-0.39, 0.29) is 35.4 Å². The van der Waals surface area contributed by atoms with Gasteiger partial charge in [-0.3, -0.25) is 19.3 Å². The van der Waals surface area contributed by atoms with Gasteiger partial charge in [0.25, 0.3) is 11.8 Å². The van der Waals surface area contributed by atoms with Crippen molar-refractivity contribution in [3.63, 3.8) is 0 Å². The van der Waals surface area contributed by atoms with Gasteiger partial charge in [0.1, 0.15) is 0 Å². The first-order valence-electron chi connectivity index (χ1n) is 12.1. The second kappa shape index (κ2) is 10.3. The van der Waals surface area contributed by atoms with E-state index in [1.165, 1.54) is 11.3 Å². The number of hydrogen-bond acceptors (Lipinski definition) is 8. The van der Waals surface area contributed by atoms with Crippen LogP contribution in [0.4, 0.5) is 0 Å². The quantitative estimate of drug-likeness (QED) is 0.509. The van der Waals surface area contributed by atoms with Gasteiger partial charge in [-0.05, 0) is 44.5 Å². The van der Waals surface area contributed by atoms with Crippen LogP contribution >= 0.6 is 22.9 Å². The number of halogens is 1. The second-order valence-electron chi connectivity index (χ2n) is 9.90. The summed E-state index contributed by atoms with van der Waals surface area (Å²) in [5.41, 5.74) is 1.70. The van der Waals surface area contributed by atoms with E-state index in [1.54, 1.807) is 43.3 Å². The van der Waals surface area contributed by atoms with Crippen molar-refractivity contribution in [2.75, 3.05) is 21.1 Å². The summed E-state index contributed by atoms with van der Waals surface area (Å²) in [5.74, 6) is -0.901. The monoisotopic (exact) mass is 541 g/mol. The Morgan fingerprint density at radius 1 is 1.05 bits per heavy atom. The molecule has 5 rings (SSSR count). The van der Waals surface area contributed by atoms with E-state index >= 15 is 0 Å². The maximum atomic E-state index is 13.2. The Balaban J connectivity index is 1.33. The van der Waals surface area contributed by atoms with Crippen molar-refractivity contribution in [1.82, 2.24) is 35.6 Å². The number of benzene rings is 1. The van der Waals surface area contributed by atoms with Gasteiger partial charge in [-0.2, -0.15) is 0 Å². The molecular weight excluding hydrogens is 514 g/mol. The smallest absolute Gasteiger partial charge is 0.280 e. The van der Waals surface area contributed by atoms with Crippen LogP contribution in [0, 0.1) is 5.92 Å². The molecule has 0 bridgehead atoms. The molecule has 1 aromatic carbocycles. The van der Waals surface area contributed by atoms with Crippen molar-refractivity contribution in [2.45, 2.75) is 44.4 Å². The number of fused-ring (bicyclic) bond motifs is 2. The lowest BCUT2D eigenvalue weighted by atomic mass is 9.81. The standard InChI is InChI=1S/C25H28ClN7O3S/c1-32(2)25(36)14-5-7-16(27-22(34)19-8-13-4-6-15(26)10-17(13)30-31-19)18(9-14)28-23(35)24-29-20-11-33(3)12-21(20)37-24/h4,6,8,10,14,16,18H,5,7,9,11-12H2,1-3H3,(H,27,34)(H,28,35)/t14-,16-,18+/m0/s1. The van der Waals surface area contributed by atoms with Crippen molar-refractivity contribution in [3.8, 4) is 0 Å². The van der Waals surface area contributed by atoms with Gasteiger partial charge in [0.05, 0.1) is 17.3 Å². The zero-order chi connectivity index (χ0) is 26.3. The number of aromatic nitrogens is 3. The molecule has 3 atom stereocenters. The number of nitrogens with zero attached hydrogens (tertiary/aromatic N) is 5. The highest BCUT2D eigenvalue weighted by molar-refractivity contribution is 7.13. The molecule has 3 heterocycles. The molecular formula is C25H28ClN7O3S. The first-order valence-corrected chi connectivity index (χ1v) is 13.3. The predicted molar refractivity (Wildman–Crippen MR) is 140 cm³/mol. The summed E-state index contributed by atoms with van der Waals surface area (Å²) < 4.78 is 0. The van der Waals surface area contributed by atoms with E-state index in [9.17, 15) is 14.4 Å². The number of hydrogen-bond donors (Lipinski definition) is 2. The van der Waals surface area contributed by atoms with Crippen molar-refractivity contribution in [3.05, 3.63) is 50.6 Å². The molecule has 12 heteroatoms. The van der Waals surface area contributed by atoms with Crippen LogP contribution in [0.2, 0.25) is 5.02 Å². The molecule has 2 aliphatic rings. The van der Waals surface area contributed by atoms with E-state index < -0.39 is 6.04 Å². The Bertz CT molecular complexity index is 1350. The van der Waals surface area contributed by atoms with Gasteiger partial charge in [0, 0.05) is 54.4 Å². The molecule has 2 N–H and O–H groups in total. The second-order valence-corrected chi connectivity index (χ2v) is 11.4. The van der Waals surface area contributed by atoms with Gasteiger partial charge in [-0.15, -0.1) is 21.5 Å². The minimum Gasteiger partial charge on any atom is -0.349 e. The lowest BCUT2D eigenvalue weighted by molar-refractivity contribution is -0.134. The van der Waals surface area contributed by atoms with Crippen molar-refractivity contribution in [2.24, 2.45) is 5.92 Å². The number of thiazole rings is 1. The van der Waals surface area contributed by atoms with Crippen LogP contribution in [-0.2, 0) is 17.9 Å². The molecule has 1 aliphatic carbocycles. The third-order valence-electron chi connectivity index (χ3n) is 6.86. The molecule has 1 fully saturated rings. The summed E-state index contributed by atoms with van der Waals surface area (Å²) in [4.78, 5) is 48.3. The summed E-state index contributed by atoms with van der Waals surface area (Å²) >= 11 is 7.41. The minimum absolute atomic E-state index is 0.0133. The van der Waals surface area contributed by atoms with Crippen molar-refractivity contribution < 1.29 is 14.4 Å². The fraction of sp³-hybridized carbons (Fsp3) is 0.440. The van der Waals surface area contributed by atoms with Gasteiger partial charge >= 0.3 is 0 Å². The number of carbonyl (C=O) groups excluding carboxylic acids is 3. The molecule has 0 unspecified atom stereocenters. The molecule has 3 aromatic rings. The van der Waals surface area contributed by atoms with Crippen molar-refractivity contribution in [1.29, 1.82) is 0 Å². The largest absolute Gasteiger partial charge is 0.349 e. The van der Waals surface area contributed by atoms with Crippen LogP contribution in [0.3, 0.4) is 0 Å². The van der Waals surface area contributed by atoms with E-state index in [4.69, 9.17) is 11.6 Å². The third kappa shape index (κ3) is 5.43. The lowest BCUT2D eigenvalue weighted by Gasteiger charge is -2.37. The Labute approximate surface area is 223 Å². The summed E-state index contributed by atoms with van der Waals surface area (Å²) in [5, 5.41) is 16.0. The zero-order valence-electron chi connectivity index (χ0n) is 20.8. The van der Waals surface area contributed by atoms with E-state index in [2.05, 4.69) is 30.7 Å². The molecule has 0 radical (unpaired) electrons. The molecule has 1 saturated carbocycles. The topological polar surface area (TPSA) is 120 Å². The summed E-state index contributed by atoms with van der Waals surface area (Å²) in [6, 6.07) is 6.06.